The normalized spacial score (nSPS) is 21.5. The van der Waals surface area contributed by atoms with Gasteiger partial charge in [0.1, 0.15) is 5.78 Å². The van der Waals surface area contributed by atoms with Crippen molar-refractivity contribution in [3.05, 3.63) is 35.4 Å². The van der Waals surface area contributed by atoms with Gasteiger partial charge in [0.25, 0.3) is 0 Å². The van der Waals surface area contributed by atoms with Crippen molar-refractivity contribution in [2.45, 2.75) is 71.1 Å². The van der Waals surface area contributed by atoms with Crippen molar-refractivity contribution >= 4 is 11.6 Å². The Morgan fingerprint density at radius 1 is 1.00 bits per heavy atom. The van der Waals surface area contributed by atoms with Gasteiger partial charge in [-0.1, -0.05) is 44.5 Å². The molecular formula is C20H28O2. The number of rotatable bonds is 7. The molecule has 1 aromatic carbocycles. The highest BCUT2D eigenvalue weighted by atomic mass is 16.1. The van der Waals surface area contributed by atoms with Gasteiger partial charge in [0, 0.05) is 24.3 Å². The molecule has 1 fully saturated rings. The number of unbranched alkanes of at least 4 members (excludes halogenated alkanes) is 1. The Hall–Kier alpha value is -1.44. The molecule has 0 heterocycles. The Bertz CT molecular complexity index is 493. The van der Waals surface area contributed by atoms with Gasteiger partial charge in [0.05, 0.1) is 0 Å². The van der Waals surface area contributed by atoms with Gasteiger partial charge >= 0.3 is 0 Å². The SMILES string of the molecule is CCCCC(=O)C1CCC(c2ccc(C(=O)CC)cc2)CC1. The number of Topliss-reactive ketones (excluding diaryl/α,β-unsaturated/α-hetero) is 2. The second-order valence-corrected chi connectivity index (χ2v) is 6.52. The zero-order valence-electron chi connectivity index (χ0n) is 13.9. The van der Waals surface area contributed by atoms with Crippen LogP contribution in [0.3, 0.4) is 0 Å². The van der Waals surface area contributed by atoms with Crippen molar-refractivity contribution in [1.29, 1.82) is 0 Å². The summed E-state index contributed by atoms with van der Waals surface area (Å²) >= 11 is 0. The Morgan fingerprint density at radius 2 is 1.64 bits per heavy atom. The highest BCUT2D eigenvalue weighted by molar-refractivity contribution is 5.95. The molecule has 2 heteroatoms. The quantitative estimate of drug-likeness (QED) is 0.639. The van der Waals surface area contributed by atoms with Crippen molar-refractivity contribution in [1.82, 2.24) is 0 Å². The van der Waals surface area contributed by atoms with Crippen LogP contribution < -0.4 is 0 Å². The molecule has 0 N–H and O–H groups in total. The lowest BCUT2D eigenvalue weighted by Gasteiger charge is -2.28. The molecule has 2 nitrogen and oxygen atoms in total. The van der Waals surface area contributed by atoms with E-state index in [9.17, 15) is 9.59 Å². The lowest BCUT2D eigenvalue weighted by molar-refractivity contribution is -0.124. The number of hydrogen-bond acceptors (Lipinski definition) is 2. The first-order valence-electron chi connectivity index (χ1n) is 8.81. The largest absolute Gasteiger partial charge is 0.299 e. The van der Waals surface area contributed by atoms with Crippen molar-refractivity contribution in [3.8, 4) is 0 Å². The summed E-state index contributed by atoms with van der Waals surface area (Å²) in [6.45, 7) is 4.03. The Kier molecular flexibility index (Phi) is 6.35. The first-order valence-corrected chi connectivity index (χ1v) is 8.81. The molecule has 0 spiro atoms. The van der Waals surface area contributed by atoms with Crippen LogP contribution in [0.5, 0.6) is 0 Å². The average molecular weight is 300 g/mol. The third kappa shape index (κ3) is 4.28. The molecule has 1 aliphatic rings. The van der Waals surface area contributed by atoms with E-state index in [1.807, 2.05) is 19.1 Å². The summed E-state index contributed by atoms with van der Waals surface area (Å²) in [7, 11) is 0. The van der Waals surface area contributed by atoms with Crippen molar-refractivity contribution in [2.75, 3.05) is 0 Å². The molecular weight excluding hydrogens is 272 g/mol. The Labute approximate surface area is 134 Å². The van der Waals surface area contributed by atoms with Crippen LogP contribution in [0.1, 0.15) is 87.1 Å². The summed E-state index contributed by atoms with van der Waals surface area (Å²) in [5.74, 6) is 1.53. The van der Waals surface area contributed by atoms with Gasteiger partial charge in [-0.15, -0.1) is 0 Å². The summed E-state index contributed by atoms with van der Waals surface area (Å²) < 4.78 is 0. The van der Waals surface area contributed by atoms with E-state index in [0.29, 0.717) is 24.0 Å². The molecule has 1 saturated carbocycles. The third-order valence-electron chi connectivity index (χ3n) is 4.98. The lowest BCUT2D eigenvalue weighted by atomic mass is 9.76. The maximum absolute atomic E-state index is 12.1. The topological polar surface area (TPSA) is 34.1 Å². The number of carbonyl (C=O) groups excluding carboxylic acids is 2. The Balaban J connectivity index is 1.88. The Morgan fingerprint density at radius 3 is 2.18 bits per heavy atom. The summed E-state index contributed by atoms with van der Waals surface area (Å²) in [6.07, 6.45) is 7.72. The van der Waals surface area contributed by atoms with E-state index in [2.05, 4.69) is 19.1 Å². The molecule has 0 radical (unpaired) electrons. The molecule has 0 amide bonds. The average Bonchev–Trinajstić information content (AvgIpc) is 2.59. The molecule has 0 aromatic heterocycles. The molecule has 0 saturated heterocycles. The summed E-state index contributed by atoms with van der Waals surface area (Å²) in [6, 6.07) is 8.12. The first kappa shape index (κ1) is 16.9. The summed E-state index contributed by atoms with van der Waals surface area (Å²) in [5, 5.41) is 0. The van der Waals surface area contributed by atoms with Gasteiger partial charge in [-0.25, -0.2) is 0 Å². The number of hydrogen-bond donors (Lipinski definition) is 0. The molecule has 0 unspecified atom stereocenters. The van der Waals surface area contributed by atoms with Crippen LogP contribution in [-0.2, 0) is 4.79 Å². The van der Waals surface area contributed by atoms with Gasteiger partial charge in [-0.3, -0.25) is 9.59 Å². The fraction of sp³-hybridized carbons (Fsp3) is 0.600. The van der Waals surface area contributed by atoms with E-state index in [1.54, 1.807) is 0 Å². The zero-order chi connectivity index (χ0) is 15.9. The van der Waals surface area contributed by atoms with Gasteiger partial charge in [-0.2, -0.15) is 0 Å². The van der Waals surface area contributed by atoms with Gasteiger partial charge in [0.2, 0.25) is 0 Å². The van der Waals surface area contributed by atoms with Crippen LogP contribution >= 0.6 is 0 Å². The minimum atomic E-state index is 0.205. The fourth-order valence-electron chi connectivity index (χ4n) is 3.45. The maximum atomic E-state index is 12.1. The van der Waals surface area contributed by atoms with Gasteiger partial charge in [-0.05, 0) is 43.6 Å². The molecule has 1 aromatic rings. The predicted molar refractivity (Wildman–Crippen MR) is 90.3 cm³/mol. The van der Waals surface area contributed by atoms with E-state index >= 15 is 0 Å². The lowest BCUT2D eigenvalue weighted by Crippen LogP contribution is -2.21. The molecule has 2 rings (SSSR count). The van der Waals surface area contributed by atoms with Crippen molar-refractivity contribution < 1.29 is 9.59 Å². The van der Waals surface area contributed by atoms with Gasteiger partial charge < -0.3 is 0 Å². The van der Waals surface area contributed by atoms with Crippen LogP contribution in [0, 0.1) is 5.92 Å². The monoisotopic (exact) mass is 300 g/mol. The molecule has 1 aliphatic carbocycles. The van der Waals surface area contributed by atoms with E-state index < -0.39 is 0 Å². The second kappa shape index (κ2) is 8.26. The molecule has 0 aliphatic heterocycles. The van der Waals surface area contributed by atoms with Crippen LogP contribution in [0.15, 0.2) is 24.3 Å². The summed E-state index contributed by atoms with van der Waals surface area (Å²) in [4.78, 5) is 23.8. The first-order chi connectivity index (χ1) is 10.7. The standard InChI is InChI=1S/C20H28O2/c1-3-5-6-20(22)18-13-9-16(10-14-18)15-7-11-17(12-8-15)19(21)4-2/h7-8,11-12,16,18H,3-6,9-10,13-14H2,1-2H3. The van der Waals surface area contributed by atoms with Crippen LogP contribution in [0.2, 0.25) is 0 Å². The summed E-state index contributed by atoms with van der Waals surface area (Å²) in [5.41, 5.74) is 2.14. The fourth-order valence-corrected chi connectivity index (χ4v) is 3.45. The molecule has 0 atom stereocenters. The minimum Gasteiger partial charge on any atom is -0.299 e. The number of carbonyl (C=O) groups is 2. The molecule has 0 bridgehead atoms. The minimum absolute atomic E-state index is 0.205. The van der Waals surface area contributed by atoms with Crippen molar-refractivity contribution in [2.24, 2.45) is 5.92 Å². The highest BCUT2D eigenvalue weighted by Crippen LogP contribution is 2.36. The zero-order valence-corrected chi connectivity index (χ0v) is 13.9. The highest BCUT2D eigenvalue weighted by Gasteiger charge is 2.26. The number of ketones is 2. The van der Waals surface area contributed by atoms with Crippen LogP contribution in [0.4, 0.5) is 0 Å². The van der Waals surface area contributed by atoms with E-state index in [0.717, 1.165) is 50.5 Å². The predicted octanol–water partition coefficient (Wildman–Crippen LogP) is 5.31. The smallest absolute Gasteiger partial charge is 0.162 e. The number of benzene rings is 1. The third-order valence-corrected chi connectivity index (χ3v) is 4.98. The van der Waals surface area contributed by atoms with Crippen LogP contribution in [0.25, 0.3) is 0 Å². The van der Waals surface area contributed by atoms with Crippen molar-refractivity contribution in [3.63, 3.8) is 0 Å². The van der Waals surface area contributed by atoms with E-state index in [4.69, 9.17) is 0 Å². The van der Waals surface area contributed by atoms with E-state index in [1.165, 1.54) is 5.56 Å². The van der Waals surface area contributed by atoms with E-state index in [-0.39, 0.29) is 5.78 Å². The second-order valence-electron chi connectivity index (χ2n) is 6.52. The van der Waals surface area contributed by atoms with Crippen LogP contribution in [-0.4, -0.2) is 11.6 Å². The molecule has 120 valence electrons. The van der Waals surface area contributed by atoms with Gasteiger partial charge in [0.15, 0.2) is 5.78 Å². The maximum Gasteiger partial charge on any atom is 0.162 e. The molecule has 22 heavy (non-hydrogen) atoms.